The summed E-state index contributed by atoms with van der Waals surface area (Å²) in [6, 6.07) is 3.22. The van der Waals surface area contributed by atoms with Crippen molar-refractivity contribution in [1.29, 1.82) is 0 Å². The number of aromatic nitrogens is 2. The lowest BCUT2D eigenvalue weighted by Gasteiger charge is -2.26. The van der Waals surface area contributed by atoms with Gasteiger partial charge in [-0.15, -0.1) is 0 Å². The maximum absolute atomic E-state index is 13.7. The van der Waals surface area contributed by atoms with Gasteiger partial charge in [-0.1, -0.05) is 43.4 Å². The van der Waals surface area contributed by atoms with Crippen molar-refractivity contribution < 1.29 is 17.3 Å². The molecule has 0 aliphatic heterocycles. The van der Waals surface area contributed by atoms with Crippen molar-refractivity contribution in [3.05, 3.63) is 40.8 Å². The number of nitrogens with one attached hydrogen (secondary N) is 1. The van der Waals surface area contributed by atoms with Crippen molar-refractivity contribution in [3.8, 4) is 0 Å². The Hall–Kier alpha value is -1.55. The van der Waals surface area contributed by atoms with Gasteiger partial charge in [0, 0.05) is 5.02 Å². The molecule has 10 heteroatoms. The van der Waals surface area contributed by atoms with Crippen LogP contribution in [0.5, 0.6) is 0 Å². The zero-order chi connectivity index (χ0) is 20.4. The molecule has 1 fully saturated rings. The molecule has 0 bridgehead atoms. The highest BCUT2D eigenvalue weighted by molar-refractivity contribution is 7.89. The van der Waals surface area contributed by atoms with Gasteiger partial charge in [-0.3, -0.25) is 4.90 Å². The standard InChI is InChI=1S/C18H24ClFN4O3S/c1-3-24(4-2)12-16-21-17(22-27-16)18(7-5-6-8-18)23-28(25,26)15-10-13(19)9-14(20)11-15/h9-11,23H,3-8,12H2,1-2H3. The van der Waals surface area contributed by atoms with Gasteiger partial charge >= 0.3 is 0 Å². The fourth-order valence-corrected chi connectivity index (χ4v) is 5.27. The van der Waals surface area contributed by atoms with Crippen LogP contribution in [0.15, 0.2) is 27.6 Å². The molecule has 2 aromatic rings. The van der Waals surface area contributed by atoms with Gasteiger partial charge in [0.2, 0.25) is 15.9 Å². The first kappa shape index (κ1) is 21.2. The molecule has 7 nitrogen and oxygen atoms in total. The van der Waals surface area contributed by atoms with Crippen LogP contribution in [-0.2, 0) is 22.1 Å². The topological polar surface area (TPSA) is 88.3 Å². The first-order valence-corrected chi connectivity index (χ1v) is 11.2. The molecule has 3 rings (SSSR count). The van der Waals surface area contributed by atoms with Crippen LogP contribution in [0.3, 0.4) is 0 Å². The summed E-state index contributed by atoms with van der Waals surface area (Å²) in [5, 5.41) is 4.08. The molecule has 1 N–H and O–H groups in total. The largest absolute Gasteiger partial charge is 0.338 e. The summed E-state index contributed by atoms with van der Waals surface area (Å²) in [7, 11) is -4.02. The molecule has 0 amide bonds. The number of rotatable bonds is 8. The zero-order valence-corrected chi connectivity index (χ0v) is 17.5. The van der Waals surface area contributed by atoms with Gasteiger partial charge in [-0.25, -0.2) is 12.8 Å². The second-order valence-corrected chi connectivity index (χ2v) is 9.09. The van der Waals surface area contributed by atoms with E-state index in [-0.39, 0.29) is 9.92 Å². The second-order valence-electron chi connectivity index (χ2n) is 6.97. The molecule has 1 heterocycles. The third kappa shape index (κ3) is 4.53. The highest BCUT2D eigenvalue weighted by Gasteiger charge is 2.43. The lowest BCUT2D eigenvalue weighted by Crippen LogP contribution is -2.44. The first-order valence-electron chi connectivity index (χ1n) is 9.33. The number of hydrogen-bond donors (Lipinski definition) is 1. The van der Waals surface area contributed by atoms with E-state index in [9.17, 15) is 12.8 Å². The van der Waals surface area contributed by atoms with E-state index >= 15 is 0 Å². The van der Waals surface area contributed by atoms with Gasteiger partial charge in [0.1, 0.15) is 5.82 Å². The number of hydrogen-bond acceptors (Lipinski definition) is 6. The van der Waals surface area contributed by atoms with Crippen LogP contribution in [0.4, 0.5) is 4.39 Å². The fourth-order valence-electron chi connectivity index (χ4n) is 3.50. The normalized spacial score (nSPS) is 16.8. The molecule has 1 aliphatic carbocycles. The van der Waals surface area contributed by atoms with Crippen molar-refractivity contribution in [2.24, 2.45) is 0 Å². The van der Waals surface area contributed by atoms with E-state index in [1.54, 1.807) is 0 Å². The van der Waals surface area contributed by atoms with Gasteiger partial charge < -0.3 is 4.52 Å². The maximum atomic E-state index is 13.7. The molecular formula is C18H24ClFN4O3S. The summed E-state index contributed by atoms with van der Waals surface area (Å²) < 4.78 is 47.6. The molecule has 0 radical (unpaired) electrons. The van der Waals surface area contributed by atoms with Crippen LogP contribution in [0.25, 0.3) is 0 Å². The van der Waals surface area contributed by atoms with E-state index in [0.29, 0.717) is 31.1 Å². The average Bonchev–Trinajstić information content (AvgIpc) is 3.29. The van der Waals surface area contributed by atoms with Crippen LogP contribution in [-0.4, -0.2) is 36.5 Å². The second kappa shape index (κ2) is 8.44. The summed E-state index contributed by atoms with van der Waals surface area (Å²) in [4.78, 5) is 6.36. The summed E-state index contributed by atoms with van der Waals surface area (Å²) in [6.07, 6.45) is 2.73. The summed E-state index contributed by atoms with van der Waals surface area (Å²) in [5.74, 6) is 0.0469. The minimum absolute atomic E-state index is 0.0157. The smallest absolute Gasteiger partial charge is 0.241 e. The van der Waals surface area contributed by atoms with Crippen LogP contribution in [0, 0.1) is 5.82 Å². The lowest BCUT2D eigenvalue weighted by atomic mass is 9.98. The van der Waals surface area contributed by atoms with Gasteiger partial charge in [0.25, 0.3) is 0 Å². The van der Waals surface area contributed by atoms with Crippen LogP contribution in [0.2, 0.25) is 5.02 Å². The predicted octanol–water partition coefficient (Wildman–Crippen LogP) is 3.45. The summed E-state index contributed by atoms with van der Waals surface area (Å²) in [6.45, 7) is 6.26. The minimum Gasteiger partial charge on any atom is -0.338 e. The molecule has 0 atom stereocenters. The van der Waals surface area contributed by atoms with Gasteiger partial charge in [-0.05, 0) is 44.1 Å². The molecule has 154 valence electrons. The third-order valence-corrected chi connectivity index (χ3v) is 6.82. The minimum atomic E-state index is -4.02. The third-order valence-electron chi connectivity index (χ3n) is 5.08. The van der Waals surface area contributed by atoms with E-state index in [2.05, 4.69) is 19.8 Å². The predicted molar refractivity (Wildman–Crippen MR) is 103 cm³/mol. The van der Waals surface area contributed by atoms with Crippen molar-refractivity contribution in [1.82, 2.24) is 19.8 Å². The first-order chi connectivity index (χ1) is 13.3. The Morgan fingerprint density at radius 3 is 2.54 bits per heavy atom. The maximum Gasteiger partial charge on any atom is 0.241 e. The Kier molecular flexibility index (Phi) is 6.38. The Bertz CT molecular complexity index is 904. The Labute approximate surface area is 169 Å². The summed E-state index contributed by atoms with van der Waals surface area (Å²) in [5.41, 5.74) is -0.970. The Morgan fingerprint density at radius 2 is 1.93 bits per heavy atom. The SMILES string of the molecule is CCN(CC)Cc1nc(C2(NS(=O)(=O)c3cc(F)cc(Cl)c3)CCCC2)no1. The van der Waals surface area contributed by atoms with E-state index in [4.69, 9.17) is 16.1 Å². The number of benzene rings is 1. The lowest BCUT2D eigenvalue weighted by molar-refractivity contribution is 0.244. The highest BCUT2D eigenvalue weighted by Crippen LogP contribution is 2.38. The zero-order valence-electron chi connectivity index (χ0n) is 15.9. The molecule has 1 aliphatic rings. The molecule has 0 saturated heterocycles. The average molecular weight is 431 g/mol. The van der Waals surface area contributed by atoms with Crippen molar-refractivity contribution in [2.75, 3.05) is 13.1 Å². The molecule has 1 aromatic heterocycles. The molecule has 1 aromatic carbocycles. The number of halogens is 2. The molecular weight excluding hydrogens is 407 g/mol. The molecule has 0 spiro atoms. The van der Waals surface area contributed by atoms with Crippen LogP contribution >= 0.6 is 11.6 Å². The van der Waals surface area contributed by atoms with Gasteiger partial charge in [0.15, 0.2) is 5.82 Å². The van der Waals surface area contributed by atoms with Crippen molar-refractivity contribution in [3.63, 3.8) is 0 Å². The highest BCUT2D eigenvalue weighted by atomic mass is 35.5. The van der Waals surface area contributed by atoms with Crippen molar-refractivity contribution in [2.45, 2.75) is 56.5 Å². The summed E-state index contributed by atoms with van der Waals surface area (Å²) >= 11 is 5.83. The van der Waals surface area contributed by atoms with Crippen molar-refractivity contribution >= 4 is 21.6 Å². The van der Waals surface area contributed by atoms with E-state index in [1.807, 2.05) is 13.8 Å². The van der Waals surface area contributed by atoms with E-state index in [0.717, 1.165) is 38.1 Å². The quantitative estimate of drug-likeness (QED) is 0.690. The number of sulfonamides is 1. The molecule has 1 saturated carbocycles. The van der Waals surface area contributed by atoms with Crippen LogP contribution in [0.1, 0.15) is 51.2 Å². The molecule has 0 unspecified atom stereocenters. The van der Waals surface area contributed by atoms with Crippen LogP contribution < -0.4 is 4.72 Å². The van der Waals surface area contributed by atoms with E-state index < -0.39 is 21.4 Å². The Morgan fingerprint density at radius 1 is 1.25 bits per heavy atom. The Balaban J connectivity index is 1.89. The molecule has 28 heavy (non-hydrogen) atoms. The number of nitrogens with zero attached hydrogens (tertiary/aromatic N) is 3. The van der Waals surface area contributed by atoms with Gasteiger partial charge in [0.05, 0.1) is 17.0 Å². The van der Waals surface area contributed by atoms with Gasteiger partial charge in [-0.2, -0.15) is 9.71 Å². The monoisotopic (exact) mass is 430 g/mol. The van der Waals surface area contributed by atoms with E-state index in [1.165, 1.54) is 6.07 Å². The fraction of sp³-hybridized carbons (Fsp3) is 0.556.